The number of hydrogen-bond donors (Lipinski definition) is 1. The van der Waals surface area contributed by atoms with Crippen LogP contribution < -0.4 is 10.1 Å². The Balaban J connectivity index is 3.27. The van der Waals surface area contributed by atoms with Crippen LogP contribution in [0.3, 0.4) is 0 Å². The molecule has 0 radical (unpaired) electrons. The minimum absolute atomic E-state index is 0.503. The van der Waals surface area contributed by atoms with Crippen molar-refractivity contribution in [2.45, 2.75) is 26.3 Å². The Bertz CT molecular complexity index is 366. The van der Waals surface area contributed by atoms with E-state index >= 15 is 0 Å². The third kappa shape index (κ3) is 2.32. The Labute approximate surface area is 94.6 Å². The molecule has 1 atom stereocenters. The van der Waals surface area contributed by atoms with Crippen LogP contribution in [-0.4, -0.2) is 20.6 Å². The van der Waals surface area contributed by atoms with Crippen LogP contribution in [-0.2, 0) is 0 Å². The molecule has 90 valence electrons. The molecule has 0 saturated carbocycles. The molecule has 0 aliphatic carbocycles. The summed E-state index contributed by atoms with van der Waals surface area (Å²) in [6.45, 7) is 3.80. The fraction of sp³-hybridized carbons (Fsp3) is 0.500. The SMILES string of the molecule is CNC(c1ccc(C)c(C)c1OC)C(F)F. The molecule has 0 aromatic heterocycles. The van der Waals surface area contributed by atoms with E-state index in [0.717, 1.165) is 11.1 Å². The van der Waals surface area contributed by atoms with E-state index < -0.39 is 12.5 Å². The Hall–Kier alpha value is -1.16. The number of aryl methyl sites for hydroxylation is 1. The lowest BCUT2D eigenvalue weighted by Gasteiger charge is -2.20. The molecule has 1 aromatic rings. The first kappa shape index (κ1) is 12.9. The van der Waals surface area contributed by atoms with Gasteiger partial charge in [-0.3, -0.25) is 0 Å². The summed E-state index contributed by atoms with van der Waals surface area (Å²) in [4.78, 5) is 0. The van der Waals surface area contributed by atoms with Crippen LogP contribution in [0.2, 0.25) is 0 Å². The van der Waals surface area contributed by atoms with E-state index in [0.29, 0.717) is 11.3 Å². The highest BCUT2D eigenvalue weighted by atomic mass is 19.3. The van der Waals surface area contributed by atoms with Crippen molar-refractivity contribution in [3.63, 3.8) is 0 Å². The van der Waals surface area contributed by atoms with Crippen molar-refractivity contribution in [1.82, 2.24) is 5.32 Å². The molecule has 16 heavy (non-hydrogen) atoms. The van der Waals surface area contributed by atoms with E-state index in [-0.39, 0.29) is 0 Å². The van der Waals surface area contributed by atoms with Gasteiger partial charge in [0.1, 0.15) is 5.75 Å². The molecule has 0 fully saturated rings. The lowest BCUT2D eigenvalue weighted by atomic mass is 9.99. The predicted molar refractivity (Wildman–Crippen MR) is 60.3 cm³/mol. The molecule has 0 amide bonds. The van der Waals surface area contributed by atoms with Gasteiger partial charge in [0, 0.05) is 5.56 Å². The number of methoxy groups -OCH3 is 1. The van der Waals surface area contributed by atoms with E-state index in [1.54, 1.807) is 6.07 Å². The zero-order valence-electron chi connectivity index (χ0n) is 9.97. The molecule has 1 rings (SSSR count). The summed E-state index contributed by atoms with van der Waals surface area (Å²) < 4.78 is 30.8. The van der Waals surface area contributed by atoms with E-state index in [9.17, 15) is 8.78 Å². The number of halogens is 2. The molecule has 0 heterocycles. The molecule has 2 nitrogen and oxygen atoms in total. The van der Waals surface area contributed by atoms with Crippen LogP contribution in [0.15, 0.2) is 12.1 Å². The molecule has 1 aromatic carbocycles. The Kier molecular flexibility index (Phi) is 4.24. The first-order valence-corrected chi connectivity index (χ1v) is 5.12. The molecular formula is C12H17F2NO. The highest BCUT2D eigenvalue weighted by Gasteiger charge is 2.24. The molecule has 0 spiro atoms. The molecule has 0 bridgehead atoms. The number of ether oxygens (including phenoxy) is 1. The zero-order chi connectivity index (χ0) is 12.3. The fourth-order valence-electron chi connectivity index (χ4n) is 1.74. The third-order valence-corrected chi connectivity index (χ3v) is 2.81. The number of nitrogens with one attached hydrogen (secondary N) is 1. The van der Waals surface area contributed by atoms with Crippen LogP contribution in [0.5, 0.6) is 5.75 Å². The molecule has 4 heteroatoms. The van der Waals surface area contributed by atoms with Crippen molar-refractivity contribution in [1.29, 1.82) is 0 Å². The van der Waals surface area contributed by atoms with Crippen LogP contribution in [0.4, 0.5) is 8.78 Å². The van der Waals surface area contributed by atoms with E-state index in [2.05, 4.69) is 5.32 Å². The molecular weight excluding hydrogens is 212 g/mol. The van der Waals surface area contributed by atoms with Crippen molar-refractivity contribution < 1.29 is 13.5 Å². The number of benzene rings is 1. The summed E-state index contributed by atoms with van der Waals surface area (Å²) in [5.74, 6) is 0.541. The van der Waals surface area contributed by atoms with Crippen LogP contribution in [0, 0.1) is 13.8 Å². The summed E-state index contributed by atoms with van der Waals surface area (Å²) in [6, 6.07) is 2.53. The van der Waals surface area contributed by atoms with Gasteiger partial charge in [0.05, 0.1) is 13.2 Å². The smallest absolute Gasteiger partial charge is 0.257 e. The standard InChI is InChI=1S/C12H17F2NO/c1-7-5-6-9(10(15-3)12(13)14)11(16-4)8(7)2/h5-6,10,12,15H,1-4H3. The minimum Gasteiger partial charge on any atom is -0.496 e. The summed E-state index contributed by atoms with van der Waals surface area (Å²) in [5, 5.41) is 2.61. The van der Waals surface area contributed by atoms with Crippen molar-refractivity contribution in [3.05, 3.63) is 28.8 Å². The first-order valence-electron chi connectivity index (χ1n) is 5.12. The lowest BCUT2D eigenvalue weighted by Crippen LogP contribution is -2.24. The molecule has 1 N–H and O–H groups in total. The van der Waals surface area contributed by atoms with Gasteiger partial charge >= 0.3 is 0 Å². The normalized spacial score (nSPS) is 12.9. The van der Waals surface area contributed by atoms with Gasteiger partial charge in [0.25, 0.3) is 6.43 Å². The van der Waals surface area contributed by atoms with Gasteiger partial charge in [-0.25, -0.2) is 8.78 Å². The second-order valence-electron chi connectivity index (χ2n) is 3.73. The molecule has 0 aliphatic heterocycles. The average molecular weight is 229 g/mol. The van der Waals surface area contributed by atoms with Crippen molar-refractivity contribution >= 4 is 0 Å². The highest BCUT2D eigenvalue weighted by molar-refractivity contribution is 5.47. The Morgan fingerprint density at radius 3 is 2.31 bits per heavy atom. The van der Waals surface area contributed by atoms with E-state index in [4.69, 9.17) is 4.74 Å². The average Bonchev–Trinajstić information content (AvgIpc) is 2.24. The minimum atomic E-state index is -2.46. The van der Waals surface area contributed by atoms with E-state index in [1.165, 1.54) is 14.2 Å². The summed E-state index contributed by atoms with van der Waals surface area (Å²) in [6.07, 6.45) is -2.46. The van der Waals surface area contributed by atoms with E-state index in [1.807, 2.05) is 19.9 Å². The summed E-state index contributed by atoms with van der Waals surface area (Å²) >= 11 is 0. The predicted octanol–water partition coefficient (Wildman–Crippen LogP) is 2.84. The molecule has 0 aliphatic rings. The lowest BCUT2D eigenvalue weighted by molar-refractivity contribution is 0.101. The quantitative estimate of drug-likeness (QED) is 0.857. The maximum atomic E-state index is 12.8. The monoisotopic (exact) mass is 229 g/mol. The third-order valence-electron chi connectivity index (χ3n) is 2.81. The highest BCUT2D eigenvalue weighted by Crippen LogP contribution is 2.33. The zero-order valence-corrected chi connectivity index (χ0v) is 9.97. The second-order valence-corrected chi connectivity index (χ2v) is 3.73. The van der Waals surface area contributed by atoms with Gasteiger partial charge in [-0.1, -0.05) is 12.1 Å². The van der Waals surface area contributed by atoms with Gasteiger partial charge in [0.15, 0.2) is 0 Å². The second kappa shape index (κ2) is 5.25. The van der Waals surface area contributed by atoms with Gasteiger partial charge in [-0.05, 0) is 32.0 Å². The number of rotatable bonds is 4. The number of hydrogen-bond acceptors (Lipinski definition) is 2. The van der Waals surface area contributed by atoms with Crippen LogP contribution in [0.1, 0.15) is 22.7 Å². The fourth-order valence-corrected chi connectivity index (χ4v) is 1.74. The number of alkyl halides is 2. The summed E-state index contributed by atoms with van der Waals surface area (Å²) in [5.41, 5.74) is 2.44. The van der Waals surface area contributed by atoms with Gasteiger partial charge in [0.2, 0.25) is 0 Å². The van der Waals surface area contributed by atoms with Gasteiger partial charge in [-0.15, -0.1) is 0 Å². The molecule has 1 unspecified atom stereocenters. The molecule has 0 saturated heterocycles. The van der Waals surface area contributed by atoms with Crippen LogP contribution in [0.25, 0.3) is 0 Å². The maximum Gasteiger partial charge on any atom is 0.257 e. The first-order chi connectivity index (χ1) is 7.52. The van der Waals surface area contributed by atoms with Crippen molar-refractivity contribution in [2.75, 3.05) is 14.2 Å². The largest absolute Gasteiger partial charge is 0.496 e. The van der Waals surface area contributed by atoms with Gasteiger partial charge < -0.3 is 10.1 Å². The van der Waals surface area contributed by atoms with Crippen molar-refractivity contribution in [3.8, 4) is 5.75 Å². The Morgan fingerprint density at radius 1 is 1.25 bits per heavy atom. The van der Waals surface area contributed by atoms with Crippen molar-refractivity contribution in [2.24, 2.45) is 0 Å². The van der Waals surface area contributed by atoms with Gasteiger partial charge in [-0.2, -0.15) is 0 Å². The topological polar surface area (TPSA) is 21.3 Å². The summed E-state index contributed by atoms with van der Waals surface area (Å²) in [7, 11) is 3.02. The van der Waals surface area contributed by atoms with Crippen LogP contribution >= 0.6 is 0 Å². The maximum absolute atomic E-state index is 12.8. The Morgan fingerprint density at radius 2 is 1.88 bits per heavy atom.